The molecule has 0 spiro atoms. The Labute approximate surface area is 261 Å². The van der Waals surface area contributed by atoms with Crippen molar-refractivity contribution in [3.05, 3.63) is 137 Å². The van der Waals surface area contributed by atoms with Crippen LogP contribution in [-0.2, 0) is 11.2 Å². The maximum absolute atomic E-state index is 14.9. The molecule has 0 bridgehead atoms. The SMILES string of the molecule is N#Cc1c(F)cc(-c2c(F)cc(-c3ccc(OC(=O)CCCCCc4ccc(-c5ccc(F)cc5)c(F)c4)cc3)cc2F)cc1F. The molecule has 3 nitrogen and oxygen atoms in total. The number of unbranched alkanes of at least 4 members (excludes halogenated alkanes) is 2. The Morgan fingerprint density at radius 1 is 0.609 bits per heavy atom. The first-order valence-electron chi connectivity index (χ1n) is 14.4. The van der Waals surface area contributed by atoms with E-state index in [0.29, 0.717) is 48.1 Å². The second kappa shape index (κ2) is 14.2. The number of ether oxygens (including phenoxy) is 1. The highest BCUT2D eigenvalue weighted by Gasteiger charge is 2.19. The summed E-state index contributed by atoms with van der Waals surface area (Å²) >= 11 is 0. The molecule has 5 aromatic rings. The van der Waals surface area contributed by atoms with Gasteiger partial charge in [0.15, 0.2) is 0 Å². The quantitative estimate of drug-likeness (QED) is 0.0669. The van der Waals surface area contributed by atoms with E-state index in [2.05, 4.69) is 0 Å². The highest BCUT2D eigenvalue weighted by atomic mass is 19.2. The minimum Gasteiger partial charge on any atom is -0.427 e. The minimum absolute atomic E-state index is 0.149. The predicted molar refractivity (Wildman–Crippen MR) is 161 cm³/mol. The zero-order chi connectivity index (χ0) is 32.8. The van der Waals surface area contributed by atoms with Crippen molar-refractivity contribution in [1.82, 2.24) is 0 Å². The number of aryl methyl sites for hydroxylation is 1. The molecule has 0 fully saturated rings. The first-order valence-corrected chi connectivity index (χ1v) is 14.4. The van der Waals surface area contributed by atoms with Crippen LogP contribution in [0.2, 0.25) is 0 Å². The normalized spacial score (nSPS) is 10.9. The van der Waals surface area contributed by atoms with Crippen molar-refractivity contribution < 1.29 is 35.9 Å². The summed E-state index contributed by atoms with van der Waals surface area (Å²) in [7, 11) is 0. The maximum atomic E-state index is 14.9. The summed E-state index contributed by atoms with van der Waals surface area (Å²) in [5.41, 5.74) is 0.493. The molecule has 232 valence electrons. The Morgan fingerprint density at radius 3 is 1.83 bits per heavy atom. The minimum atomic E-state index is -1.23. The van der Waals surface area contributed by atoms with Gasteiger partial charge in [-0.25, -0.2) is 26.3 Å². The van der Waals surface area contributed by atoms with E-state index in [0.717, 1.165) is 24.1 Å². The molecule has 5 rings (SSSR count). The van der Waals surface area contributed by atoms with Gasteiger partial charge in [-0.15, -0.1) is 0 Å². The molecule has 0 aromatic heterocycles. The van der Waals surface area contributed by atoms with Gasteiger partial charge in [-0.2, -0.15) is 5.26 Å². The van der Waals surface area contributed by atoms with Crippen LogP contribution in [-0.4, -0.2) is 5.97 Å². The average molecular weight is 630 g/mol. The van der Waals surface area contributed by atoms with E-state index in [-0.39, 0.29) is 34.9 Å². The summed E-state index contributed by atoms with van der Waals surface area (Å²) in [5.74, 6) is -5.55. The molecule has 9 heteroatoms. The molecule has 0 heterocycles. The van der Waals surface area contributed by atoms with Crippen LogP contribution < -0.4 is 4.74 Å². The van der Waals surface area contributed by atoms with E-state index in [1.807, 2.05) is 6.07 Å². The number of carbonyl (C=O) groups is 1. The molecule has 0 aliphatic heterocycles. The van der Waals surface area contributed by atoms with Gasteiger partial charge in [0.2, 0.25) is 0 Å². The van der Waals surface area contributed by atoms with Crippen molar-refractivity contribution in [3.8, 4) is 45.2 Å². The van der Waals surface area contributed by atoms with Crippen LogP contribution >= 0.6 is 0 Å². The average Bonchev–Trinajstić information content (AvgIpc) is 3.01. The van der Waals surface area contributed by atoms with Gasteiger partial charge >= 0.3 is 5.97 Å². The molecule has 0 saturated carbocycles. The molecule has 0 aliphatic rings. The Hall–Kier alpha value is -5.36. The number of carbonyl (C=O) groups excluding carboxylic acids is 1. The van der Waals surface area contributed by atoms with Crippen LogP contribution in [0.1, 0.15) is 36.8 Å². The number of halogens is 6. The fourth-order valence-electron chi connectivity index (χ4n) is 5.09. The number of benzene rings is 5. The molecule has 46 heavy (non-hydrogen) atoms. The molecule has 0 amide bonds. The lowest BCUT2D eigenvalue weighted by atomic mass is 9.97. The van der Waals surface area contributed by atoms with Gasteiger partial charge < -0.3 is 4.74 Å². The van der Waals surface area contributed by atoms with E-state index >= 15 is 0 Å². The molecule has 0 unspecified atom stereocenters. The highest BCUT2D eigenvalue weighted by Crippen LogP contribution is 2.33. The number of esters is 1. The Kier molecular flexibility index (Phi) is 9.87. The molecule has 0 atom stereocenters. The molecular weight excluding hydrogens is 604 g/mol. The molecule has 0 saturated heterocycles. The fraction of sp³-hybridized carbons (Fsp3) is 0.135. The van der Waals surface area contributed by atoms with Gasteiger partial charge in [0.05, 0.1) is 5.56 Å². The molecule has 5 aromatic carbocycles. The van der Waals surface area contributed by atoms with Crippen LogP contribution in [0.4, 0.5) is 26.3 Å². The van der Waals surface area contributed by atoms with Gasteiger partial charge in [0, 0.05) is 12.0 Å². The van der Waals surface area contributed by atoms with Crippen molar-refractivity contribution in [2.45, 2.75) is 32.1 Å². The van der Waals surface area contributed by atoms with Crippen LogP contribution in [0.5, 0.6) is 5.75 Å². The van der Waals surface area contributed by atoms with Crippen molar-refractivity contribution in [2.75, 3.05) is 0 Å². The highest BCUT2D eigenvalue weighted by molar-refractivity contribution is 5.74. The maximum Gasteiger partial charge on any atom is 0.311 e. The number of hydrogen-bond donors (Lipinski definition) is 0. The third kappa shape index (κ3) is 7.46. The standard InChI is InChI=1S/C37H25F6NO2/c38-27-11-7-24(8-12-27)29-15-6-22(16-31(29)39)4-2-1-3-5-36(45)46-28-13-9-23(10-14-28)25-17-34(42)37(35(43)18-25)26-19-32(40)30(21-44)33(41)20-26/h6-20H,1-5H2. The zero-order valence-corrected chi connectivity index (χ0v) is 24.2. The van der Waals surface area contributed by atoms with E-state index in [1.54, 1.807) is 6.07 Å². The first kappa shape index (κ1) is 32.0. The summed E-state index contributed by atoms with van der Waals surface area (Å²) in [5, 5.41) is 8.82. The first-order chi connectivity index (χ1) is 22.1. The van der Waals surface area contributed by atoms with E-state index in [4.69, 9.17) is 10.00 Å². The Bertz CT molecular complexity index is 1890. The lowest BCUT2D eigenvalue weighted by Crippen LogP contribution is -2.07. The number of hydrogen-bond acceptors (Lipinski definition) is 3. The summed E-state index contributed by atoms with van der Waals surface area (Å²) in [6.07, 6.45) is 2.79. The number of nitrogens with zero attached hydrogens (tertiary/aromatic N) is 1. The van der Waals surface area contributed by atoms with Crippen LogP contribution in [0, 0.1) is 46.2 Å². The van der Waals surface area contributed by atoms with E-state index in [1.165, 1.54) is 60.7 Å². The van der Waals surface area contributed by atoms with Crippen molar-refractivity contribution >= 4 is 5.97 Å². The molecule has 0 radical (unpaired) electrons. The third-order valence-electron chi connectivity index (χ3n) is 7.44. The van der Waals surface area contributed by atoms with E-state index in [9.17, 15) is 31.1 Å². The Morgan fingerprint density at radius 2 is 1.22 bits per heavy atom. The summed E-state index contributed by atoms with van der Waals surface area (Å²) in [6.45, 7) is 0. The van der Waals surface area contributed by atoms with Crippen LogP contribution in [0.15, 0.2) is 91.0 Å². The molecular formula is C37H25F6NO2. The summed E-state index contributed by atoms with van der Waals surface area (Å²) < 4.78 is 90.9. The van der Waals surface area contributed by atoms with Crippen molar-refractivity contribution in [3.63, 3.8) is 0 Å². The summed E-state index contributed by atoms with van der Waals surface area (Å²) in [4.78, 5) is 12.3. The topological polar surface area (TPSA) is 50.1 Å². The monoisotopic (exact) mass is 629 g/mol. The zero-order valence-electron chi connectivity index (χ0n) is 24.2. The molecule has 0 aliphatic carbocycles. The Balaban J connectivity index is 1.11. The van der Waals surface area contributed by atoms with Crippen LogP contribution in [0.3, 0.4) is 0 Å². The second-order valence-electron chi connectivity index (χ2n) is 10.6. The van der Waals surface area contributed by atoms with Gasteiger partial charge in [-0.1, -0.05) is 42.8 Å². The second-order valence-corrected chi connectivity index (χ2v) is 10.6. The smallest absolute Gasteiger partial charge is 0.311 e. The van der Waals surface area contributed by atoms with E-state index < -0.39 is 40.4 Å². The van der Waals surface area contributed by atoms with Crippen molar-refractivity contribution in [2.24, 2.45) is 0 Å². The molecule has 0 N–H and O–H groups in total. The number of rotatable bonds is 10. The lowest BCUT2D eigenvalue weighted by Gasteiger charge is -2.11. The van der Waals surface area contributed by atoms with Gasteiger partial charge in [-0.05, 0) is 102 Å². The van der Waals surface area contributed by atoms with Crippen molar-refractivity contribution in [1.29, 1.82) is 5.26 Å². The fourth-order valence-corrected chi connectivity index (χ4v) is 5.09. The predicted octanol–water partition coefficient (Wildman–Crippen LogP) is 10.1. The lowest BCUT2D eigenvalue weighted by molar-refractivity contribution is -0.134. The van der Waals surface area contributed by atoms with Crippen LogP contribution in [0.25, 0.3) is 33.4 Å². The largest absolute Gasteiger partial charge is 0.427 e. The third-order valence-corrected chi connectivity index (χ3v) is 7.44. The van der Waals surface area contributed by atoms with Gasteiger partial charge in [0.25, 0.3) is 0 Å². The van der Waals surface area contributed by atoms with Gasteiger partial charge in [0.1, 0.15) is 52.3 Å². The number of nitriles is 1. The van der Waals surface area contributed by atoms with Gasteiger partial charge in [-0.3, -0.25) is 4.79 Å². The summed E-state index contributed by atoms with van der Waals surface area (Å²) in [6, 6.07) is 21.3.